The molecule has 1 amide bonds. The fourth-order valence-electron chi connectivity index (χ4n) is 3.59. The van der Waals surface area contributed by atoms with Crippen molar-refractivity contribution in [2.75, 3.05) is 11.9 Å². The number of aromatic nitrogens is 4. The highest BCUT2D eigenvalue weighted by atomic mass is 35.5. The Bertz CT molecular complexity index is 1430. The van der Waals surface area contributed by atoms with Crippen LogP contribution in [0, 0.1) is 5.82 Å². The summed E-state index contributed by atoms with van der Waals surface area (Å²) >= 11 is 7.56. The van der Waals surface area contributed by atoms with E-state index in [9.17, 15) is 9.18 Å². The summed E-state index contributed by atoms with van der Waals surface area (Å²) < 4.78 is 15.1. The second kappa shape index (κ2) is 9.32. The Labute approximate surface area is 204 Å². The normalized spacial score (nSPS) is 11.1. The minimum Gasteiger partial charge on any atom is -0.341 e. The van der Waals surface area contributed by atoms with E-state index in [0.717, 1.165) is 22.5 Å². The lowest BCUT2D eigenvalue weighted by atomic mass is 10.2. The molecule has 2 heterocycles. The van der Waals surface area contributed by atoms with Crippen molar-refractivity contribution in [1.29, 1.82) is 0 Å². The van der Waals surface area contributed by atoms with E-state index in [1.807, 2.05) is 36.4 Å². The van der Waals surface area contributed by atoms with Gasteiger partial charge in [0.05, 0.1) is 23.0 Å². The number of hydrogen-bond acceptors (Lipinski definition) is 4. The van der Waals surface area contributed by atoms with E-state index in [0.29, 0.717) is 27.3 Å². The van der Waals surface area contributed by atoms with Crippen LogP contribution in [0.3, 0.4) is 0 Å². The van der Waals surface area contributed by atoms with Gasteiger partial charge in [0.1, 0.15) is 17.3 Å². The number of amides is 1. The number of halogens is 2. The summed E-state index contributed by atoms with van der Waals surface area (Å²) in [5, 5.41) is 1.23. The number of rotatable bonds is 6. The number of H-pyrrole nitrogens is 1. The molecule has 0 aliphatic carbocycles. The zero-order chi connectivity index (χ0) is 23.7. The van der Waals surface area contributed by atoms with Crippen LogP contribution in [-0.4, -0.2) is 32.5 Å². The summed E-state index contributed by atoms with van der Waals surface area (Å²) in [6.45, 7) is 0. The summed E-state index contributed by atoms with van der Waals surface area (Å²) in [6.07, 6.45) is 1.55. The maximum atomic E-state index is 13.4. The molecule has 0 fully saturated rings. The van der Waals surface area contributed by atoms with Gasteiger partial charge in [-0.1, -0.05) is 35.5 Å². The number of benzene rings is 3. The van der Waals surface area contributed by atoms with Crippen LogP contribution in [0.1, 0.15) is 16.3 Å². The summed E-state index contributed by atoms with van der Waals surface area (Å²) in [7, 11) is 1.65. The molecular formula is C25H19ClFN5OS. The Morgan fingerprint density at radius 2 is 1.82 bits per heavy atom. The molecule has 34 heavy (non-hydrogen) atoms. The number of thioether (sulfide) groups is 1. The number of para-hydroxylation sites is 2. The van der Waals surface area contributed by atoms with Gasteiger partial charge in [-0.15, -0.1) is 0 Å². The van der Waals surface area contributed by atoms with Crippen molar-refractivity contribution >= 4 is 46.0 Å². The number of nitrogens with zero attached hydrogens (tertiary/aromatic N) is 4. The van der Waals surface area contributed by atoms with Gasteiger partial charge in [0.15, 0.2) is 5.16 Å². The lowest BCUT2D eigenvalue weighted by Crippen LogP contribution is -2.28. The third-order valence-electron chi connectivity index (χ3n) is 5.33. The predicted octanol–water partition coefficient (Wildman–Crippen LogP) is 6.11. The van der Waals surface area contributed by atoms with E-state index in [1.54, 1.807) is 42.1 Å². The Balaban J connectivity index is 1.48. The third-order valence-corrected chi connectivity index (χ3v) is 6.54. The molecule has 170 valence electrons. The van der Waals surface area contributed by atoms with Crippen molar-refractivity contribution in [2.24, 2.45) is 0 Å². The average Bonchev–Trinajstić information content (AvgIpc) is 3.46. The Hall–Kier alpha value is -3.62. The first kappa shape index (κ1) is 22.2. The van der Waals surface area contributed by atoms with Crippen molar-refractivity contribution in [3.05, 3.63) is 101 Å². The molecule has 9 heteroatoms. The van der Waals surface area contributed by atoms with Gasteiger partial charge in [-0.3, -0.25) is 9.36 Å². The van der Waals surface area contributed by atoms with Gasteiger partial charge >= 0.3 is 0 Å². The van der Waals surface area contributed by atoms with Gasteiger partial charge in [0, 0.05) is 23.4 Å². The van der Waals surface area contributed by atoms with Gasteiger partial charge in [0.2, 0.25) is 0 Å². The maximum absolute atomic E-state index is 13.4. The number of fused-ring (bicyclic) bond motifs is 1. The number of carbonyl (C=O) groups excluding carboxylic acids is 1. The van der Waals surface area contributed by atoms with E-state index in [1.165, 1.54) is 28.8 Å². The molecule has 0 spiro atoms. The van der Waals surface area contributed by atoms with Gasteiger partial charge in [-0.25, -0.2) is 14.4 Å². The molecule has 0 saturated heterocycles. The fraction of sp³-hybridized carbons (Fsp3) is 0.0800. The van der Waals surface area contributed by atoms with Crippen LogP contribution in [0.25, 0.3) is 16.7 Å². The maximum Gasteiger partial charge on any atom is 0.276 e. The molecule has 1 N–H and O–H groups in total. The van der Waals surface area contributed by atoms with E-state index in [4.69, 9.17) is 11.6 Å². The second-order valence-electron chi connectivity index (χ2n) is 7.57. The predicted molar refractivity (Wildman–Crippen MR) is 133 cm³/mol. The molecule has 5 rings (SSSR count). The van der Waals surface area contributed by atoms with Crippen molar-refractivity contribution in [3.63, 3.8) is 0 Å². The van der Waals surface area contributed by atoms with Crippen LogP contribution < -0.4 is 4.90 Å². The SMILES string of the molecule is CN(C(=O)c1cnc(SCc2nc3ccccc3[nH]2)n1-c1ccc(Cl)cc1)c1ccc(F)cc1. The summed E-state index contributed by atoms with van der Waals surface area (Å²) in [4.78, 5) is 27.4. The largest absolute Gasteiger partial charge is 0.341 e. The van der Waals surface area contributed by atoms with Crippen LogP contribution >= 0.6 is 23.4 Å². The van der Waals surface area contributed by atoms with Crippen molar-refractivity contribution in [3.8, 4) is 5.69 Å². The van der Waals surface area contributed by atoms with Crippen LogP contribution in [-0.2, 0) is 5.75 Å². The second-order valence-corrected chi connectivity index (χ2v) is 8.95. The van der Waals surface area contributed by atoms with Crippen molar-refractivity contribution < 1.29 is 9.18 Å². The molecular weight excluding hydrogens is 473 g/mol. The van der Waals surface area contributed by atoms with Crippen LogP contribution in [0.5, 0.6) is 0 Å². The molecule has 0 saturated carbocycles. The molecule has 0 radical (unpaired) electrons. The number of carbonyl (C=O) groups is 1. The van der Waals surface area contributed by atoms with Crippen LogP contribution in [0.2, 0.25) is 5.02 Å². The average molecular weight is 492 g/mol. The number of aromatic amines is 1. The molecule has 6 nitrogen and oxygen atoms in total. The summed E-state index contributed by atoms with van der Waals surface area (Å²) in [6, 6.07) is 20.8. The molecule has 0 atom stereocenters. The van der Waals surface area contributed by atoms with E-state index < -0.39 is 0 Å². The van der Waals surface area contributed by atoms with Crippen molar-refractivity contribution in [1.82, 2.24) is 19.5 Å². The number of imidazole rings is 2. The molecule has 5 aromatic rings. The van der Waals surface area contributed by atoms with Gasteiger partial charge < -0.3 is 9.88 Å². The Morgan fingerprint density at radius 1 is 1.09 bits per heavy atom. The quantitative estimate of drug-likeness (QED) is 0.291. The van der Waals surface area contributed by atoms with Gasteiger partial charge in [-0.05, 0) is 60.7 Å². The third kappa shape index (κ3) is 4.42. The molecule has 2 aromatic heterocycles. The lowest BCUT2D eigenvalue weighted by molar-refractivity contribution is 0.0986. The van der Waals surface area contributed by atoms with Gasteiger partial charge in [0.25, 0.3) is 5.91 Å². The molecule has 0 aliphatic heterocycles. The molecule has 3 aromatic carbocycles. The minimum absolute atomic E-state index is 0.273. The van der Waals surface area contributed by atoms with Crippen LogP contribution in [0.15, 0.2) is 84.1 Å². The highest BCUT2D eigenvalue weighted by Crippen LogP contribution is 2.28. The zero-order valence-electron chi connectivity index (χ0n) is 18.1. The lowest BCUT2D eigenvalue weighted by Gasteiger charge is -2.19. The van der Waals surface area contributed by atoms with Crippen molar-refractivity contribution in [2.45, 2.75) is 10.9 Å². The zero-order valence-corrected chi connectivity index (χ0v) is 19.6. The number of nitrogens with one attached hydrogen (secondary N) is 1. The molecule has 0 bridgehead atoms. The van der Waals surface area contributed by atoms with Gasteiger partial charge in [-0.2, -0.15) is 0 Å². The monoisotopic (exact) mass is 491 g/mol. The molecule has 0 unspecified atom stereocenters. The van der Waals surface area contributed by atoms with E-state index in [2.05, 4.69) is 15.0 Å². The minimum atomic E-state index is -0.361. The first-order valence-electron chi connectivity index (χ1n) is 10.4. The highest BCUT2D eigenvalue weighted by molar-refractivity contribution is 7.98. The first-order chi connectivity index (χ1) is 16.5. The van der Waals surface area contributed by atoms with Crippen LogP contribution in [0.4, 0.5) is 10.1 Å². The number of hydrogen-bond donors (Lipinski definition) is 1. The summed E-state index contributed by atoms with van der Waals surface area (Å²) in [5.74, 6) is 0.721. The highest BCUT2D eigenvalue weighted by Gasteiger charge is 2.22. The smallest absolute Gasteiger partial charge is 0.276 e. The topological polar surface area (TPSA) is 66.8 Å². The summed E-state index contributed by atoms with van der Waals surface area (Å²) in [5.41, 5.74) is 3.57. The van der Waals surface area contributed by atoms with E-state index >= 15 is 0 Å². The Kier molecular flexibility index (Phi) is 6.08. The molecule has 0 aliphatic rings. The Morgan fingerprint density at radius 3 is 2.56 bits per heavy atom. The first-order valence-corrected chi connectivity index (χ1v) is 11.8. The fourth-order valence-corrected chi connectivity index (χ4v) is 4.58. The van der Waals surface area contributed by atoms with E-state index in [-0.39, 0.29) is 11.7 Å². The number of anilines is 1. The standard InChI is InChI=1S/C25H19ClFN5OS/c1-31(18-12-8-17(27)9-13-18)24(33)22-14-28-25(32(22)19-10-6-16(26)7-11-19)34-15-23-29-20-4-2-3-5-21(20)30-23/h2-14H,15H2,1H3,(H,29,30).